The summed E-state index contributed by atoms with van der Waals surface area (Å²) in [5.41, 5.74) is -0.422. The lowest BCUT2D eigenvalue weighted by molar-refractivity contribution is -0.119. The summed E-state index contributed by atoms with van der Waals surface area (Å²) in [4.78, 5) is 16.1. The van der Waals surface area contributed by atoms with E-state index in [2.05, 4.69) is 23.5 Å². The molecule has 0 bridgehead atoms. The summed E-state index contributed by atoms with van der Waals surface area (Å²) < 4.78 is 0. The molecule has 15 heavy (non-hydrogen) atoms. The van der Waals surface area contributed by atoms with Crippen molar-refractivity contribution in [1.29, 1.82) is 0 Å². The predicted octanol–water partition coefficient (Wildman–Crippen LogP) is 1.96. The summed E-state index contributed by atoms with van der Waals surface area (Å²) in [6.45, 7) is 13.7. The normalized spacial score (nSPS) is 12.1. The highest BCUT2D eigenvalue weighted by atomic mass is 16.1. The van der Waals surface area contributed by atoms with E-state index in [1.54, 1.807) is 12.2 Å². The van der Waals surface area contributed by atoms with E-state index in [4.69, 9.17) is 0 Å². The minimum Gasteiger partial charge on any atom is -0.364 e. The summed E-state index contributed by atoms with van der Waals surface area (Å²) in [6, 6.07) is 0. The van der Waals surface area contributed by atoms with Crippen LogP contribution in [0.2, 0.25) is 0 Å². The molecule has 0 spiro atoms. The molecule has 0 aromatic rings. The van der Waals surface area contributed by atoms with Gasteiger partial charge in [0.05, 0.1) is 6.54 Å². The Hall–Kier alpha value is -1.38. The number of nitrogens with one attached hydrogen (secondary N) is 1. The fourth-order valence-corrected chi connectivity index (χ4v) is 0.888. The summed E-state index contributed by atoms with van der Waals surface area (Å²) in [5, 5.41) is 2.95. The monoisotopic (exact) mass is 208 g/mol. The second-order valence-corrected chi connectivity index (χ2v) is 4.23. The van der Waals surface area contributed by atoms with E-state index in [1.807, 2.05) is 20.8 Å². The van der Waals surface area contributed by atoms with Gasteiger partial charge in [-0.3, -0.25) is 9.79 Å². The zero-order chi connectivity index (χ0) is 11.9. The Bertz CT molecular complexity index is 272. The fraction of sp³-hybridized carbons (Fsp3) is 0.500. The number of rotatable bonds is 5. The standard InChI is InChI=1S/C12H20N2O/c1-6-8-13-11(14-9-7-2)10(15)12(3,4)5/h6-7H,1-2,8-9H2,3-5H3,(H,13,14). The number of hydrogen-bond donors (Lipinski definition) is 1. The van der Waals surface area contributed by atoms with Crippen LogP contribution in [0.5, 0.6) is 0 Å². The van der Waals surface area contributed by atoms with Crippen molar-refractivity contribution in [3.8, 4) is 0 Å². The highest BCUT2D eigenvalue weighted by Crippen LogP contribution is 2.14. The van der Waals surface area contributed by atoms with E-state index in [9.17, 15) is 4.79 Å². The van der Waals surface area contributed by atoms with E-state index in [0.717, 1.165) is 0 Å². The largest absolute Gasteiger partial charge is 0.364 e. The SMILES string of the molecule is C=CCN=C(NCC=C)C(=O)C(C)(C)C. The van der Waals surface area contributed by atoms with Crippen molar-refractivity contribution in [2.45, 2.75) is 20.8 Å². The molecule has 3 nitrogen and oxygen atoms in total. The number of aliphatic imine (C=N–C) groups is 1. The Balaban J connectivity index is 4.69. The molecule has 3 heteroatoms. The van der Waals surface area contributed by atoms with E-state index in [1.165, 1.54) is 0 Å². The summed E-state index contributed by atoms with van der Waals surface area (Å²) in [7, 11) is 0. The molecule has 0 aromatic carbocycles. The van der Waals surface area contributed by atoms with Gasteiger partial charge in [0, 0.05) is 12.0 Å². The van der Waals surface area contributed by atoms with Gasteiger partial charge < -0.3 is 5.32 Å². The Kier molecular flexibility index (Phi) is 5.60. The lowest BCUT2D eigenvalue weighted by atomic mass is 9.90. The minimum atomic E-state index is -0.422. The molecule has 0 aliphatic carbocycles. The van der Waals surface area contributed by atoms with Gasteiger partial charge in [0.1, 0.15) is 0 Å². The number of Topliss-reactive ketones (excluding diaryl/α,β-unsaturated/α-hetero) is 1. The van der Waals surface area contributed by atoms with Crippen molar-refractivity contribution in [2.24, 2.45) is 10.4 Å². The van der Waals surface area contributed by atoms with Crippen LogP contribution in [0.3, 0.4) is 0 Å². The van der Waals surface area contributed by atoms with Crippen LogP contribution in [0.4, 0.5) is 0 Å². The molecular weight excluding hydrogens is 188 g/mol. The average molecular weight is 208 g/mol. The molecule has 0 rings (SSSR count). The Morgan fingerprint density at radius 1 is 1.33 bits per heavy atom. The van der Waals surface area contributed by atoms with Crippen LogP contribution in [-0.2, 0) is 4.79 Å². The number of ketones is 1. The number of amidine groups is 1. The van der Waals surface area contributed by atoms with Crippen LogP contribution in [0.15, 0.2) is 30.3 Å². The van der Waals surface area contributed by atoms with E-state index >= 15 is 0 Å². The van der Waals surface area contributed by atoms with E-state index < -0.39 is 5.41 Å². The third kappa shape index (κ3) is 5.15. The number of carbonyl (C=O) groups is 1. The molecule has 84 valence electrons. The lowest BCUT2D eigenvalue weighted by Crippen LogP contribution is -2.38. The third-order valence-electron chi connectivity index (χ3n) is 1.69. The smallest absolute Gasteiger partial charge is 0.202 e. The highest BCUT2D eigenvalue weighted by molar-refractivity contribution is 6.40. The van der Waals surface area contributed by atoms with Crippen molar-refractivity contribution in [3.63, 3.8) is 0 Å². The van der Waals surface area contributed by atoms with Crippen molar-refractivity contribution in [3.05, 3.63) is 25.3 Å². The molecule has 0 aliphatic heterocycles. The highest BCUT2D eigenvalue weighted by Gasteiger charge is 2.25. The first-order valence-electron chi connectivity index (χ1n) is 4.98. The molecule has 0 saturated carbocycles. The Morgan fingerprint density at radius 2 is 1.93 bits per heavy atom. The van der Waals surface area contributed by atoms with Crippen molar-refractivity contribution >= 4 is 11.6 Å². The molecule has 0 amide bonds. The van der Waals surface area contributed by atoms with Gasteiger partial charge in [0.25, 0.3) is 0 Å². The molecule has 0 radical (unpaired) electrons. The molecule has 0 unspecified atom stereocenters. The Labute approximate surface area is 92.0 Å². The van der Waals surface area contributed by atoms with Crippen LogP contribution >= 0.6 is 0 Å². The van der Waals surface area contributed by atoms with Gasteiger partial charge >= 0.3 is 0 Å². The molecular formula is C12H20N2O. The van der Waals surface area contributed by atoms with Gasteiger partial charge in [0.15, 0.2) is 5.84 Å². The van der Waals surface area contributed by atoms with Crippen LogP contribution in [0.25, 0.3) is 0 Å². The summed E-state index contributed by atoms with van der Waals surface area (Å²) >= 11 is 0. The zero-order valence-electron chi connectivity index (χ0n) is 9.84. The van der Waals surface area contributed by atoms with E-state index in [0.29, 0.717) is 18.9 Å². The van der Waals surface area contributed by atoms with E-state index in [-0.39, 0.29) is 5.78 Å². The molecule has 0 aliphatic rings. The maximum atomic E-state index is 11.9. The molecule has 1 N–H and O–H groups in total. The van der Waals surface area contributed by atoms with Crippen LogP contribution in [-0.4, -0.2) is 24.7 Å². The minimum absolute atomic E-state index is 0.00574. The molecule has 0 heterocycles. The first-order valence-corrected chi connectivity index (χ1v) is 4.98. The van der Waals surface area contributed by atoms with Crippen LogP contribution in [0, 0.1) is 5.41 Å². The zero-order valence-corrected chi connectivity index (χ0v) is 9.84. The van der Waals surface area contributed by atoms with Gasteiger partial charge in [0.2, 0.25) is 5.78 Å². The van der Waals surface area contributed by atoms with Gasteiger partial charge in [-0.15, -0.1) is 13.2 Å². The second-order valence-electron chi connectivity index (χ2n) is 4.23. The van der Waals surface area contributed by atoms with Crippen molar-refractivity contribution in [2.75, 3.05) is 13.1 Å². The van der Waals surface area contributed by atoms with Gasteiger partial charge in [-0.25, -0.2) is 0 Å². The number of nitrogens with zero attached hydrogens (tertiary/aromatic N) is 1. The first-order chi connectivity index (χ1) is 6.93. The molecule has 0 saturated heterocycles. The van der Waals surface area contributed by atoms with Crippen molar-refractivity contribution < 1.29 is 4.79 Å². The Morgan fingerprint density at radius 3 is 2.33 bits per heavy atom. The predicted molar refractivity (Wildman–Crippen MR) is 65.2 cm³/mol. The molecule has 0 aromatic heterocycles. The van der Waals surface area contributed by atoms with Gasteiger partial charge in [-0.2, -0.15) is 0 Å². The number of hydrogen-bond acceptors (Lipinski definition) is 2. The molecule has 0 atom stereocenters. The maximum absolute atomic E-state index is 11.9. The number of carbonyl (C=O) groups excluding carboxylic acids is 1. The second kappa shape index (κ2) is 6.17. The lowest BCUT2D eigenvalue weighted by Gasteiger charge is -2.18. The molecule has 0 fully saturated rings. The van der Waals surface area contributed by atoms with Gasteiger partial charge in [-0.1, -0.05) is 32.9 Å². The topological polar surface area (TPSA) is 41.5 Å². The quantitative estimate of drug-likeness (QED) is 0.426. The van der Waals surface area contributed by atoms with Crippen LogP contribution < -0.4 is 5.32 Å². The average Bonchev–Trinajstić information content (AvgIpc) is 2.16. The maximum Gasteiger partial charge on any atom is 0.202 e. The van der Waals surface area contributed by atoms with Crippen molar-refractivity contribution in [1.82, 2.24) is 5.32 Å². The summed E-state index contributed by atoms with van der Waals surface area (Å²) in [5.74, 6) is 0.411. The van der Waals surface area contributed by atoms with Crippen LogP contribution in [0.1, 0.15) is 20.8 Å². The fourth-order valence-electron chi connectivity index (χ4n) is 0.888. The first kappa shape index (κ1) is 13.6. The summed E-state index contributed by atoms with van der Waals surface area (Å²) in [6.07, 6.45) is 3.35. The van der Waals surface area contributed by atoms with Gasteiger partial charge in [-0.05, 0) is 0 Å². The third-order valence-corrected chi connectivity index (χ3v) is 1.69.